The van der Waals surface area contributed by atoms with Gasteiger partial charge in [-0.3, -0.25) is 9.59 Å². The number of phenols is 2. The van der Waals surface area contributed by atoms with E-state index in [4.69, 9.17) is 15.2 Å². The van der Waals surface area contributed by atoms with Crippen LogP contribution in [0.3, 0.4) is 0 Å². The minimum absolute atomic E-state index is 0.00876. The first kappa shape index (κ1) is 47.7. The van der Waals surface area contributed by atoms with Gasteiger partial charge in [0.1, 0.15) is 11.5 Å². The largest absolute Gasteiger partial charge is 0.504 e. The zero-order valence-corrected chi connectivity index (χ0v) is 40.1. The zero-order valence-electron chi connectivity index (χ0n) is 40.1. The van der Waals surface area contributed by atoms with Gasteiger partial charge in [-0.1, -0.05) is 121 Å². The molecule has 2 saturated carbocycles. The third-order valence-electron chi connectivity index (χ3n) is 15.1. The number of phenolic OH excluding ortho intramolecular Hbond substituents is 2. The first-order chi connectivity index (χ1) is 32.6. The van der Waals surface area contributed by atoms with E-state index in [0.717, 1.165) is 24.7 Å². The minimum Gasteiger partial charge on any atom is -0.504 e. The highest BCUT2D eigenvalue weighted by atomic mass is 16.5. The third-order valence-corrected chi connectivity index (χ3v) is 15.1. The smallest absolute Gasteiger partial charge is 0.200 e. The third kappa shape index (κ3) is 11.2. The van der Waals surface area contributed by atoms with Gasteiger partial charge >= 0.3 is 0 Å². The van der Waals surface area contributed by atoms with E-state index in [1.807, 2.05) is 36.4 Å². The van der Waals surface area contributed by atoms with Crippen molar-refractivity contribution in [3.63, 3.8) is 0 Å². The fraction of sp³-hybridized carbons (Fsp3) is 0.458. The second-order valence-electron chi connectivity index (χ2n) is 19.8. The van der Waals surface area contributed by atoms with Gasteiger partial charge in [0.15, 0.2) is 23.0 Å². The van der Waals surface area contributed by atoms with E-state index < -0.39 is 23.1 Å². The van der Waals surface area contributed by atoms with Gasteiger partial charge in [0.25, 0.3) is 0 Å². The number of benzene rings is 5. The van der Waals surface area contributed by atoms with E-state index in [-0.39, 0.29) is 45.1 Å². The van der Waals surface area contributed by atoms with Crippen molar-refractivity contribution in [2.24, 2.45) is 11.8 Å². The molecule has 0 aromatic heterocycles. The monoisotopic (exact) mass is 905 g/mol. The van der Waals surface area contributed by atoms with Crippen LogP contribution in [0.4, 0.5) is 17.1 Å². The van der Waals surface area contributed by atoms with E-state index in [9.17, 15) is 19.8 Å². The predicted octanol–water partition coefficient (Wildman–Crippen LogP) is 16.2. The summed E-state index contributed by atoms with van der Waals surface area (Å²) in [5.41, 5.74) is 10.4. The Morgan fingerprint density at radius 3 is 1.51 bits per heavy atom. The van der Waals surface area contributed by atoms with Gasteiger partial charge in [-0.15, -0.1) is 0 Å². The van der Waals surface area contributed by atoms with Gasteiger partial charge in [0.2, 0.25) is 11.6 Å². The Hall–Kier alpha value is -5.76. The number of carbonyl (C=O) groups is 2. The summed E-state index contributed by atoms with van der Waals surface area (Å²) in [5.74, 6) is 1.22. The van der Waals surface area contributed by atoms with Crippen molar-refractivity contribution in [1.29, 1.82) is 0 Å². The Labute approximate surface area is 398 Å². The molecule has 8 heteroatoms. The van der Waals surface area contributed by atoms with Crippen LogP contribution in [-0.4, -0.2) is 21.8 Å². The standard InChI is InChI=1S/C59H72N2O6/c1-4-7-10-11-12-15-40-20-30-45(31-21-40)61-49-37-51(67-47-34-28-44(29-35-47)42-24-18-39(19-25-42)14-9-6-3)57(63)55-53(49)59(65)54-52(58(55)64)48(60)36-50(56(54)62)66-46-32-26-43(27-33-46)41-22-16-38(17-23-41)13-8-5-2/h20-21,26-39,41-42,61-63H,4-19,22-25,60H2,1-3H3. The van der Waals surface area contributed by atoms with E-state index >= 15 is 0 Å². The van der Waals surface area contributed by atoms with Crippen LogP contribution in [0.25, 0.3) is 0 Å². The number of aryl methyl sites for hydroxylation is 1. The zero-order chi connectivity index (χ0) is 46.9. The summed E-state index contributed by atoms with van der Waals surface area (Å²) in [4.78, 5) is 29.5. The van der Waals surface area contributed by atoms with Crippen LogP contribution >= 0.6 is 0 Å². The van der Waals surface area contributed by atoms with Crippen LogP contribution in [-0.2, 0) is 6.42 Å². The van der Waals surface area contributed by atoms with Crippen molar-refractivity contribution in [3.8, 4) is 34.5 Å². The average molecular weight is 905 g/mol. The molecule has 8 nitrogen and oxygen atoms in total. The number of nitrogens with two attached hydrogens (primary N) is 1. The van der Waals surface area contributed by atoms with Gasteiger partial charge in [-0.25, -0.2) is 0 Å². The number of carbonyl (C=O) groups excluding carboxylic acids is 2. The molecule has 67 heavy (non-hydrogen) atoms. The average Bonchev–Trinajstić information content (AvgIpc) is 3.35. The Morgan fingerprint density at radius 1 is 0.537 bits per heavy atom. The molecule has 8 rings (SSSR count). The lowest BCUT2D eigenvalue weighted by molar-refractivity contribution is 0.0974. The molecule has 0 amide bonds. The molecule has 0 saturated heterocycles. The highest BCUT2D eigenvalue weighted by Crippen LogP contribution is 2.50. The number of unbranched alkanes of at least 4 members (excludes halogenated alkanes) is 6. The lowest BCUT2D eigenvalue weighted by Gasteiger charge is -2.29. The van der Waals surface area contributed by atoms with E-state index in [1.54, 1.807) is 6.07 Å². The van der Waals surface area contributed by atoms with Crippen molar-refractivity contribution in [2.45, 2.75) is 161 Å². The van der Waals surface area contributed by atoms with Gasteiger partial charge < -0.3 is 30.7 Å². The first-order valence-electron chi connectivity index (χ1n) is 25.7. The molecule has 5 aromatic rings. The lowest BCUT2D eigenvalue weighted by atomic mass is 9.77. The number of aromatic hydroxyl groups is 2. The number of rotatable bonds is 20. The van der Waals surface area contributed by atoms with Crippen LogP contribution in [0.15, 0.2) is 84.9 Å². The summed E-state index contributed by atoms with van der Waals surface area (Å²) in [5, 5.41) is 27.1. The second kappa shape index (κ2) is 22.4. The summed E-state index contributed by atoms with van der Waals surface area (Å²) in [6, 6.07) is 26.8. The summed E-state index contributed by atoms with van der Waals surface area (Å²) in [7, 11) is 0. The van der Waals surface area contributed by atoms with E-state index in [1.165, 1.54) is 138 Å². The second-order valence-corrected chi connectivity index (χ2v) is 19.8. The number of ether oxygens (including phenoxy) is 2. The molecule has 0 atom stereocenters. The molecule has 0 aliphatic heterocycles. The summed E-state index contributed by atoms with van der Waals surface area (Å²) >= 11 is 0. The number of fused-ring (bicyclic) bond motifs is 2. The summed E-state index contributed by atoms with van der Waals surface area (Å²) in [6.45, 7) is 6.73. The van der Waals surface area contributed by atoms with Crippen molar-refractivity contribution >= 4 is 28.6 Å². The number of hydrogen-bond acceptors (Lipinski definition) is 8. The maximum Gasteiger partial charge on any atom is 0.200 e. The van der Waals surface area contributed by atoms with E-state index in [2.05, 4.69) is 62.5 Å². The van der Waals surface area contributed by atoms with Crippen LogP contribution < -0.4 is 20.5 Å². The van der Waals surface area contributed by atoms with Gasteiger partial charge in [-0.2, -0.15) is 0 Å². The highest BCUT2D eigenvalue weighted by Gasteiger charge is 2.41. The minimum atomic E-state index is -0.702. The molecule has 0 spiro atoms. The molecule has 0 radical (unpaired) electrons. The fourth-order valence-corrected chi connectivity index (χ4v) is 11.0. The van der Waals surface area contributed by atoms with Crippen LogP contribution in [0.1, 0.15) is 203 Å². The molecule has 3 aliphatic carbocycles. The highest BCUT2D eigenvalue weighted by molar-refractivity contribution is 6.34. The maximum atomic E-state index is 14.9. The van der Waals surface area contributed by atoms with Gasteiger partial charge in [-0.05, 0) is 141 Å². The topological polar surface area (TPSA) is 131 Å². The molecule has 354 valence electrons. The molecule has 0 bridgehead atoms. The van der Waals surface area contributed by atoms with Gasteiger partial charge in [0.05, 0.1) is 27.9 Å². The molecule has 5 aromatic carbocycles. The number of nitrogens with one attached hydrogen (secondary N) is 1. The van der Waals surface area contributed by atoms with E-state index in [0.29, 0.717) is 29.0 Å². The van der Waals surface area contributed by atoms with Crippen molar-refractivity contribution in [1.82, 2.24) is 0 Å². The molecular formula is C59H72N2O6. The molecule has 5 N–H and O–H groups in total. The molecule has 0 heterocycles. The van der Waals surface area contributed by atoms with Crippen LogP contribution in [0.2, 0.25) is 0 Å². The molecule has 3 aliphatic rings. The predicted molar refractivity (Wildman–Crippen MR) is 271 cm³/mol. The lowest BCUT2D eigenvalue weighted by Crippen LogP contribution is -2.24. The van der Waals surface area contributed by atoms with Crippen LogP contribution in [0, 0.1) is 11.8 Å². The first-order valence-corrected chi connectivity index (χ1v) is 25.7. The summed E-state index contributed by atoms with van der Waals surface area (Å²) < 4.78 is 12.6. The summed E-state index contributed by atoms with van der Waals surface area (Å²) in [6.07, 6.45) is 24.4. The number of ketones is 2. The Bertz CT molecular complexity index is 2460. The van der Waals surface area contributed by atoms with Crippen molar-refractivity contribution < 1.29 is 29.3 Å². The van der Waals surface area contributed by atoms with Crippen molar-refractivity contribution in [3.05, 3.63) is 124 Å². The van der Waals surface area contributed by atoms with Crippen LogP contribution in [0.5, 0.6) is 34.5 Å². The van der Waals surface area contributed by atoms with Gasteiger partial charge in [0, 0.05) is 23.5 Å². The fourth-order valence-electron chi connectivity index (χ4n) is 11.0. The quantitative estimate of drug-likeness (QED) is 0.0338. The normalized spacial score (nSPS) is 19.1. The molecular weight excluding hydrogens is 833 g/mol. The Balaban J connectivity index is 1.06. The number of nitrogen functional groups attached to an aromatic ring is 1. The molecule has 0 unspecified atom stereocenters. The molecule has 2 fully saturated rings. The number of hydrogen-bond donors (Lipinski definition) is 4. The maximum absolute atomic E-state index is 14.9. The van der Waals surface area contributed by atoms with Crippen molar-refractivity contribution in [2.75, 3.05) is 11.1 Å². The Morgan fingerprint density at radius 2 is 1.00 bits per heavy atom. The SMILES string of the molecule is CCCCCCCc1ccc(Nc2cc(Oc3ccc(C4CCC(CCCC)CC4)cc3)c(O)c3c2C(=O)c2c(O)c(Oc4ccc(C5CCC(CCCC)CC5)cc4)cc(N)c2C3=O)cc1. The Kier molecular flexibility index (Phi) is 15.9. The number of anilines is 3.